The van der Waals surface area contributed by atoms with E-state index in [0.29, 0.717) is 29.0 Å². The molecule has 0 saturated carbocycles. The Labute approximate surface area is 149 Å². The number of anilines is 3. The van der Waals surface area contributed by atoms with Gasteiger partial charge in [-0.05, 0) is 30.3 Å². The van der Waals surface area contributed by atoms with Gasteiger partial charge < -0.3 is 20.8 Å². The second-order valence-electron chi connectivity index (χ2n) is 4.85. The zero-order chi connectivity index (χ0) is 16.2. The summed E-state index contributed by atoms with van der Waals surface area (Å²) in [6.45, 7) is 0.374. The topological polar surface area (TPSA) is 90.3 Å². The van der Waals surface area contributed by atoms with E-state index in [2.05, 4.69) is 20.6 Å². The molecule has 2 aromatic carbocycles. The van der Waals surface area contributed by atoms with Gasteiger partial charge in [0.2, 0.25) is 5.95 Å². The zero-order valence-corrected chi connectivity index (χ0v) is 14.1. The van der Waals surface area contributed by atoms with E-state index in [0.717, 1.165) is 10.9 Å². The highest BCUT2D eigenvalue weighted by molar-refractivity contribution is 6.31. The van der Waals surface area contributed by atoms with Crippen molar-refractivity contribution in [1.82, 2.24) is 9.97 Å². The van der Waals surface area contributed by atoms with E-state index < -0.39 is 0 Å². The van der Waals surface area contributed by atoms with Crippen molar-refractivity contribution in [3.8, 4) is 5.75 Å². The number of phenols is 1. The lowest BCUT2D eigenvalue weighted by molar-refractivity contribution is 0.311. The predicted octanol–water partition coefficient (Wildman–Crippen LogP) is 3.56. The monoisotopic (exact) mass is 366 g/mol. The lowest BCUT2D eigenvalue weighted by Gasteiger charge is -2.12. The largest absolute Gasteiger partial charge is 0.506 e. The number of aliphatic hydroxyl groups excluding tert-OH is 1. The number of hydrogen-bond acceptors (Lipinski definition) is 6. The van der Waals surface area contributed by atoms with Crippen LogP contribution in [0.2, 0.25) is 5.02 Å². The first kappa shape index (κ1) is 18.1. The molecule has 3 aromatic rings. The molecule has 0 atom stereocenters. The van der Waals surface area contributed by atoms with Gasteiger partial charge in [-0.15, -0.1) is 12.4 Å². The van der Waals surface area contributed by atoms with Gasteiger partial charge in [0.15, 0.2) is 0 Å². The summed E-state index contributed by atoms with van der Waals surface area (Å²) in [6.07, 6.45) is 0. The molecule has 126 valence electrons. The number of halogens is 2. The molecule has 3 rings (SSSR count). The molecule has 0 spiro atoms. The van der Waals surface area contributed by atoms with Gasteiger partial charge in [-0.3, -0.25) is 0 Å². The van der Waals surface area contributed by atoms with E-state index in [4.69, 9.17) is 16.7 Å². The van der Waals surface area contributed by atoms with Crippen molar-refractivity contribution >= 4 is 52.4 Å². The average molecular weight is 367 g/mol. The van der Waals surface area contributed by atoms with Gasteiger partial charge in [0, 0.05) is 17.0 Å². The maximum atomic E-state index is 9.89. The maximum Gasteiger partial charge on any atom is 0.229 e. The van der Waals surface area contributed by atoms with Crippen LogP contribution in [0, 0.1) is 0 Å². The second kappa shape index (κ2) is 8.01. The Morgan fingerprint density at radius 1 is 1.08 bits per heavy atom. The molecule has 0 fully saturated rings. The quantitative estimate of drug-likeness (QED) is 0.516. The third-order valence-electron chi connectivity index (χ3n) is 3.21. The molecule has 24 heavy (non-hydrogen) atoms. The van der Waals surface area contributed by atoms with Gasteiger partial charge in [0.1, 0.15) is 11.6 Å². The maximum absolute atomic E-state index is 9.89. The standard InChI is InChI=1S/C16H15ClN4O2.ClH/c17-10-5-6-14(23)13(9-10)20-16-19-12-4-2-1-3-11(12)15(21-16)18-7-8-22;/h1-6,9,22-23H,7-8H2,(H2,18,19,20,21);1H. The Kier molecular flexibility index (Phi) is 6.03. The fourth-order valence-corrected chi connectivity index (χ4v) is 2.34. The molecule has 0 aliphatic carbocycles. The van der Waals surface area contributed by atoms with Crippen LogP contribution in [-0.2, 0) is 0 Å². The summed E-state index contributed by atoms with van der Waals surface area (Å²) < 4.78 is 0. The summed E-state index contributed by atoms with van der Waals surface area (Å²) in [6, 6.07) is 12.2. The van der Waals surface area contributed by atoms with Crippen LogP contribution in [0.1, 0.15) is 0 Å². The SMILES string of the molecule is Cl.OCCNc1nc(Nc2cc(Cl)ccc2O)nc2ccccc12. The average Bonchev–Trinajstić information content (AvgIpc) is 2.56. The van der Waals surface area contributed by atoms with Crippen molar-refractivity contribution < 1.29 is 10.2 Å². The van der Waals surface area contributed by atoms with Crippen LogP contribution in [0.3, 0.4) is 0 Å². The predicted molar refractivity (Wildman–Crippen MR) is 98.8 cm³/mol. The van der Waals surface area contributed by atoms with Crippen molar-refractivity contribution in [3.05, 3.63) is 47.5 Å². The van der Waals surface area contributed by atoms with Crippen LogP contribution in [-0.4, -0.2) is 33.3 Å². The van der Waals surface area contributed by atoms with Crippen molar-refractivity contribution in [1.29, 1.82) is 0 Å². The number of aromatic hydroxyl groups is 1. The van der Waals surface area contributed by atoms with E-state index in [1.165, 1.54) is 6.07 Å². The van der Waals surface area contributed by atoms with E-state index >= 15 is 0 Å². The molecule has 1 heterocycles. The minimum Gasteiger partial charge on any atom is -0.506 e. The van der Waals surface area contributed by atoms with Gasteiger partial charge in [-0.1, -0.05) is 23.7 Å². The minimum atomic E-state index is -0.00380. The number of aliphatic hydroxyl groups is 1. The molecule has 1 aromatic heterocycles. The molecule has 0 aliphatic heterocycles. The molecule has 0 unspecified atom stereocenters. The van der Waals surface area contributed by atoms with E-state index in [9.17, 15) is 5.11 Å². The highest BCUT2D eigenvalue weighted by Crippen LogP contribution is 2.30. The number of nitrogens with zero attached hydrogens (tertiary/aromatic N) is 2. The molecule has 0 amide bonds. The van der Waals surface area contributed by atoms with Crippen molar-refractivity contribution in [2.24, 2.45) is 0 Å². The summed E-state index contributed by atoms with van der Waals surface area (Å²) in [5.41, 5.74) is 1.16. The number of para-hydroxylation sites is 1. The third-order valence-corrected chi connectivity index (χ3v) is 3.45. The molecule has 0 aliphatic rings. The second-order valence-corrected chi connectivity index (χ2v) is 5.29. The number of phenolic OH excluding ortho intramolecular Hbond substituents is 1. The van der Waals surface area contributed by atoms with Crippen LogP contribution < -0.4 is 10.6 Å². The number of fused-ring (bicyclic) bond motifs is 1. The third kappa shape index (κ3) is 3.97. The first-order chi connectivity index (χ1) is 11.2. The Morgan fingerprint density at radius 3 is 2.67 bits per heavy atom. The van der Waals surface area contributed by atoms with Crippen molar-refractivity contribution in [2.45, 2.75) is 0 Å². The minimum absolute atomic E-state index is 0. The molecule has 0 saturated heterocycles. The Hall–Kier alpha value is -2.28. The molecule has 4 N–H and O–H groups in total. The number of rotatable bonds is 5. The number of aromatic nitrogens is 2. The first-order valence-corrected chi connectivity index (χ1v) is 7.42. The molecular formula is C16H16Cl2N4O2. The molecule has 0 radical (unpaired) electrons. The molecular weight excluding hydrogens is 351 g/mol. The molecule has 6 nitrogen and oxygen atoms in total. The van der Waals surface area contributed by atoms with Crippen LogP contribution >= 0.6 is 24.0 Å². The Balaban J connectivity index is 0.00000208. The smallest absolute Gasteiger partial charge is 0.229 e. The lowest BCUT2D eigenvalue weighted by Crippen LogP contribution is -2.09. The van der Waals surface area contributed by atoms with Gasteiger partial charge in [-0.2, -0.15) is 4.98 Å². The number of benzene rings is 2. The zero-order valence-electron chi connectivity index (χ0n) is 12.5. The normalized spacial score (nSPS) is 10.2. The number of hydrogen-bond donors (Lipinski definition) is 4. The van der Waals surface area contributed by atoms with Gasteiger partial charge in [-0.25, -0.2) is 4.98 Å². The van der Waals surface area contributed by atoms with Crippen molar-refractivity contribution in [3.63, 3.8) is 0 Å². The fourth-order valence-electron chi connectivity index (χ4n) is 2.17. The van der Waals surface area contributed by atoms with Crippen LogP contribution in [0.25, 0.3) is 10.9 Å². The summed E-state index contributed by atoms with van der Waals surface area (Å²) in [5.74, 6) is 0.978. The van der Waals surface area contributed by atoms with Gasteiger partial charge in [0.05, 0.1) is 17.8 Å². The van der Waals surface area contributed by atoms with Crippen molar-refractivity contribution in [2.75, 3.05) is 23.8 Å². The number of nitrogens with one attached hydrogen (secondary N) is 2. The van der Waals surface area contributed by atoms with Crippen LogP contribution in [0.5, 0.6) is 5.75 Å². The van der Waals surface area contributed by atoms with E-state index in [1.807, 2.05) is 24.3 Å². The molecule has 0 bridgehead atoms. The van der Waals surface area contributed by atoms with E-state index in [1.54, 1.807) is 12.1 Å². The van der Waals surface area contributed by atoms with Crippen LogP contribution in [0.15, 0.2) is 42.5 Å². The van der Waals surface area contributed by atoms with Gasteiger partial charge in [0.25, 0.3) is 0 Å². The Bertz CT molecular complexity index is 845. The summed E-state index contributed by atoms with van der Waals surface area (Å²) in [4.78, 5) is 8.84. The van der Waals surface area contributed by atoms with Gasteiger partial charge >= 0.3 is 0 Å². The Morgan fingerprint density at radius 2 is 1.88 bits per heavy atom. The van der Waals surface area contributed by atoms with E-state index in [-0.39, 0.29) is 24.8 Å². The summed E-state index contributed by atoms with van der Waals surface area (Å²) in [5, 5.41) is 26.3. The lowest BCUT2D eigenvalue weighted by atomic mass is 10.2. The van der Waals surface area contributed by atoms with Crippen LogP contribution in [0.4, 0.5) is 17.5 Å². The first-order valence-electron chi connectivity index (χ1n) is 7.04. The highest BCUT2D eigenvalue weighted by Gasteiger charge is 2.09. The summed E-state index contributed by atoms with van der Waals surface area (Å²) >= 11 is 5.95. The summed E-state index contributed by atoms with van der Waals surface area (Å²) in [7, 11) is 0. The fraction of sp³-hybridized carbons (Fsp3) is 0.125. The molecule has 8 heteroatoms. The highest BCUT2D eigenvalue weighted by atomic mass is 35.5.